The average Bonchev–Trinajstić information content (AvgIpc) is 3.04. The predicted octanol–water partition coefficient (Wildman–Crippen LogP) is 2.98. The Morgan fingerprint density at radius 1 is 1.31 bits per heavy atom. The summed E-state index contributed by atoms with van der Waals surface area (Å²) in [5, 5.41) is 4.87. The zero-order valence-electron chi connectivity index (χ0n) is 9.72. The minimum Gasteiger partial charge on any atom is -0.357 e. The summed E-state index contributed by atoms with van der Waals surface area (Å²) in [4.78, 5) is 3.47. The van der Waals surface area contributed by atoms with Gasteiger partial charge in [0.2, 0.25) is 0 Å². The topological polar surface area (TPSA) is 27.8 Å². The molecule has 0 saturated heterocycles. The first-order chi connectivity index (χ1) is 7.85. The molecule has 0 radical (unpaired) electrons. The number of aryl methyl sites for hydroxylation is 1. The van der Waals surface area contributed by atoms with Gasteiger partial charge in [-0.3, -0.25) is 0 Å². The van der Waals surface area contributed by atoms with Crippen LogP contribution in [0.3, 0.4) is 0 Å². The van der Waals surface area contributed by atoms with Crippen LogP contribution in [0.2, 0.25) is 0 Å². The van der Waals surface area contributed by atoms with Gasteiger partial charge in [-0.1, -0.05) is 13.0 Å². The van der Waals surface area contributed by atoms with Gasteiger partial charge in [0.05, 0.1) is 0 Å². The third kappa shape index (κ3) is 1.98. The molecule has 0 amide bonds. The van der Waals surface area contributed by atoms with Crippen molar-refractivity contribution in [3.63, 3.8) is 0 Å². The Morgan fingerprint density at radius 2 is 2.19 bits per heavy atom. The Labute approximate surface area is 96.1 Å². The maximum atomic E-state index is 3.53. The van der Waals surface area contributed by atoms with E-state index in [4.69, 9.17) is 0 Å². The molecular weight excluding hydrogens is 196 g/mol. The predicted molar refractivity (Wildman–Crippen MR) is 67.5 cm³/mol. The lowest BCUT2D eigenvalue weighted by Crippen LogP contribution is -2.15. The molecule has 2 nitrogen and oxygen atoms in total. The summed E-state index contributed by atoms with van der Waals surface area (Å²) < 4.78 is 0. The molecule has 2 N–H and O–H groups in total. The van der Waals surface area contributed by atoms with Crippen LogP contribution in [0.15, 0.2) is 24.3 Å². The number of hydrogen-bond acceptors (Lipinski definition) is 1. The Balaban J connectivity index is 1.83. The first-order valence-electron chi connectivity index (χ1n) is 6.19. The van der Waals surface area contributed by atoms with Crippen LogP contribution < -0.4 is 5.32 Å². The fourth-order valence-corrected chi connectivity index (χ4v) is 2.10. The molecule has 1 saturated carbocycles. The highest BCUT2D eigenvalue weighted by atomic mass is 15.0. The van der Waals surface area contributed by atoms with E-state index in [2.05, 4.69) is 41.5 Å². The van der Waals surface area contributed by atoms with Gasteiger partial charge in [0.15, 0.2) is 0 Å². The Morgan fingerprint density at radius 3 is 2.94 bits per heavy atom. The van der Waals surface area contributed by atoms with E-state index in [0.29, 0.717) is 0 Å². The van der Waals surface area contributed by atoms with Crippen molar-refractivity contribution in [3.05, 3.63) is 35.5 Å². The molecule has 0 spiro atoms. The second-order valence-corrected chi connectivity index (χ2v) is 4.72. The molecule has 1 heterocycles. The number of hydrogen-bond donors (Lipinski definition) is 2. The van der Waals surface area contributed by atoms with Crippen LogP contribution in [0.5, 0.6) is 0 Å². The lowest BCUT2D eigenvalue weighted by atomic mass is 10.1. The fraction of sp³-hybridized carbons (Fsp3) is 0.429. The van der Waals surface area contributed by atoms with E-state index in [9.17, 15) is 0 Å². The first-order valence-corrected chi connectivity index (χ1v) is 6.19. The number of nitrogens with one attached hydrogen (secondary N) is 2. The first kappa shape index (κ1) is 9.91. The molecule has 84 valence electrons. The van der Waals surface area contributed by atoms with Gasteiger partial charge in [0.1, 0.15) is 0 Å². The fourth-order valence-electron chi connectivity index (χ4n) is 2.10. The van der Waals surface area contributed by atoms with Gasteiger partial charge in [-0.25, -0.2) is 0 Å². The molecule has 0 atom stereocenters. The maximum absolute atomic E-state index is 3.53. The average molecular weight is 214 g/mol. The lowest BCUT2D eigenvalue weighted by molar-refractivity contribution is 0.678. The molecule has 16 heavy (non-hydrogen) atoms. The van der Waals surface area contributed by atoms with Crippen LogP contribution in [-0.2, 0) is 13.0 Å². The molecule has 1 aromatic heterocycles. The summed E-state index contributed by atoms with van der Waals surface area (Å²) in [7, 11) is 0. The molecule has 2 aromatic rings. The number of aromatic nitrogens is 1. The molecule has 1 aliphatic rings. The number of rotatable bonds is 4. The standard InChI is InChI=1S/C14H18N2/c1-2-10-3-6-14-11(7-10)8-13(16-14)9-15-12-4-5-12/h3,6-8,12,15-16H,2,4-5,9H2,1H3. The van der Waals surface area contributed by atoms with Gasteiger partial charge >= 0.3 is 0 Å². The van der Waals surface area contributed by atoms with Gasteiger partial charge < -0.3 is 10.3 Å². The molecule has 1 aromatic carbocycles. The van der Waals surface area contributed by atoms with E-state index in [0.717, 1.165) is 19.0 Å². The third-order valence-corrected chi connectivity index (χ3v) is 3.31. The van der Waals surface area contributed by atoms with E-state index < -0.39 is 0 Å². The highest BCUT2D eigenvalue weighted by Crippen LogP contribution is 2.21. The Hall–Kier alpha value is -1.28. The minimum atomic E-state index is 0.776. The molecule has 1 aliphatic carbocycles. The summed E-state index contributed by atoms with van der Waals surface area (Å²) in [5.74, 6) is 0. The normalized spacial score (nSPS) is 15.8. The number of benzene rings is 1. The molecule has 2 heteroatoms. The van der Waals surface area contributed by atoms with Gasteiger partial charge in [0.25, 0.3) is 0 Å². The summed E-state index contributed by atoms with van der Waals surface area (Å²) in [6.45, 7) is 3.17. The molecular formula is C14H18N2. The highest BCUT2D eigenvalue weighted by Gasteiger charge is 2.20. The summed E-state index contributed by atoms with van der Waals surface area (Å²) in [5.41, 5.74) is 3.97. The van der Waals surface area contributed by atoms with Crippen molar-refractivity contribution in [3.8, 4) is 0 Å². The largest absolute Gasteiger partial charge is 0.357 e. The number of fused-ring (bicyclic) bond motifs is 1. The van der Waals surface area contributed by atoms with Crippen LogP contribution in [0.25, 0.3) is 10.9 Å². The minimum absolute atomic E-state index is 0.776. The summed E-state index contributed by atoms with van der Waals surface area (Å²) in [6, 6.07) is 9.72. The smallest absolute Gasteiger partial charge is 0.0456 e. The van der Waals surface area contributed by atoms with E-state index >= 15 is 0 Å². The monoisotopic (exact) mass is 214 g/mol. The van der Waals surface area contributed by atoms with Crippen molar-refractivity contribution in [2.75, 3.05) is 0 Å². The maximum Gasteiger partial charge on any atom is 0.0456 e. The molecule has 0 unspecified atom stereocenters. The van der Waals surface area contributed by atoms with Crippen LogP contribution in [0.4, 0.5) is 0 Å². The van der Waals surface area contributed by atoms with Crippen molar-refractivity contribution in [1.82, 2.24) is 10.3 Å². The van der Waals surface area contributed by atoms with Gasteiger partial charge in [-0.2, -0.15) is 0 Å². The quantitative estimate of drug-likeness (QED) is 0.804. The van der Waals surface area contributed by atoms with Crippen molar-refractivity contribution >= 4 is 10.9 Å². The molecule has 0 aliphatic heterocycles. The van der Waals surface area contributed by atoms with Crippen molar-refractivity contribution in [2.45, 2.75) is 38.8 Å². The zero-order chi connectivity index (χ0) is 11.0. The van der Waals surface area contributed by atoms with Crippen LogP contribution in [-0.4, -0.2) is 11.0 Å². The molecule has 0 bridgehead atoms. The van der Waals surface area contributed by atoms with Gasteiger partial charge in [0, 0.05) is 23.8 Å². The second kappa shape index (κ2) is 3.95. The summed E-state index contributed by atoms with van der Waals surface area (Å²) in [6.07, 6.45) is 3.80. The summed E-state index contributed by atoms with van der Waals surface area (Å²) >= 11 is 0. The number of H-pyrrole nitrogens is 1. The Bertz CT molecular complexity index is 494. The highest BCUT2D eigenvalue weighted by molar-refractivity contribution is 5.81. The van der Waals surface area contributed by atoms with Gasteiger partial charge in [-0.05, 0) is 48.4 Å². The third-order valence-electron chi connectivity index (χ3n) is 3.31. The van der Waals surface area contributed by atoms with Crippen LogP contribution in [0, 0.1) is 0 Å². The van der Waals surface area contributed by atoms with Crippen LogP contribution >= 0.6 is 0 Å². The van der Waals surface area contributed by atoms with E-state index in [1.165, 1.54) is 35.0 Å². The van der Waals surface area contributed by atoms with Crippen molar-refractivity contribution in [2.24, 2.45) is 0 Å². The van der Waals surface area contributed by atoms with Crippen molar-refractivity contribution in [1.29, 1.82) is 0 Å². The van der Waals surface area contributed by atoms with E-state index in [-0.39, 0.29) is 0 Å². The molecule has 1 fully saturated rings. The molecule has 3 rings (SSSR count). The second-order valence-electron chi connectivity index (χ2n) is 4.72. The van der Waals surface area contributed by atoms with Crippen molar-refractivity contribution < 1.29 is 0 Å². The zero-order valence-corrected chi connectivity index (χ0v) is 9.72. The van der Waals surface area contributed by atoms with E-state index in [1.807, 2.05) is 0 Å². The lowest BCUT2D eigenvalue weighted by Gasteiger charge is -1.98. The SMILES string of the molecule is CCc1ccc2[nH]c(CNC3CC3)cc2c1. The Kier molecular flexibility index (Phi) is 2.44. The number of aromatic amines is 1. The van der Waals surface area contributed by atoms with E-state index in [1.54, 1.807) is 0 Å². The van der Waals surface area contributed by atoms with Crippen LogP contribution in [0.1, 0.15) is 31.0 Å². The van der Waals surface area contributed by atoms with Gasteiger partial charge in [-0.15, -0.1) is 0 Å².